The molecule has 1 aromatic rings. The van der Waals surface area contributed by atoms with E-state index in [1.807, 2.05) is 64.0 Å². The minimum Gasteiger partial charge on any atom is -0.400 e. The van der Waals surface area contributed by atoms with Gasteiger partial charge in [0.2, 0.25) is 0 Å². The highest BCUT2D eigenvalue weighted by Crippen LogP contribution is 2.37. The molecule has 1 fully saturated rings. The third kappa shape index (κ3) is 6.61. The summed E-state index contributed by atoms with van der Waals surface area (Å²) in [7, 11) is 1.30. The second-order valence-electron chi connectivity index (χ2n) is 8.11. The Hall–Kier alpha value is -1.40. The van der Waals surface area contributed by atoms with Crippen LogP contribution < -0.4 is 0 Å². The largest absolute Gasteiger partial charge is 0.487 e. The first-order valence-electron chi connectivity index (χ1n) is 9.66. The van der Waals surface area contributed by atoms with Crippen LogP contribution in [-0.4, -0.2) is 43.2 Å². The molecule has 0 aromatic heterocycles. The number of ether oxygens (including phenoxy) is 1. The first kappa shape index (κ1) is 21.9. The van der Waals surface area contributed by atoms with Crippen molar-refractivity contribution in [2.75, 3.05) is 13.7 Å². The maximum Gasteiger partial charge on any atom is 0.487 e. The van der Waals surface area contributed by atoms with E-state index in [1.54, 1.807) is 7.11 Å². The number of allylic oxidation sites excluding steroid dienone is 1. The summed E-state index contributed by atoms with van der Waals surface area (Å²) in [6.07, 6.45) is 5.66. The molecular formula is C22H33BO4. The van der Waals surface area contributed by atoms with E-state index >= 15 is 0 Å². The van der Waals surface area contributed by atoms with Gasteiger partial charge >= 0.3 is 7.12 Å². The summed E-state index contributed by atoms with van der Waals surface area (Å²) in [6, 6.07) is 10.2. The lowest BCUT2D eigenvalue weighted by molar-refractivity contribution is 0.00578. The average molecular weight is 372 g/mol. The molecule has 5 heteroatoms. The second kappa shape index (κ2) is 9.69. The monoisotopic (exact) mass is 372 g/mol. The molecule has 27 heavy (non-hydrogen) atoms. The van der Waals surface area contributed by atoms with Gasteiger partial charge in [-0.3, -0.25) is 0 Å². The van der Waals surface area contributed by atoms with Gasteiger partial charge in [0, 0.05) is 7.11 Å². The molecule has 0 radical (unpaired) electrons. The van der Waals surface area contributed by atoms with E-state index in [0.717, 1.165) is 12.0 Å². The Bertz CT molecular complexity index is 621. The normalized spacial score (nSPS) is 20.4. The molecule has 0 amide bonds. The number of methoxy groups -OCH3 is 1. The fourth-order valence-electron chi connectivity index (χ4n) is 2.94. The summed E-state index contributed by atoms with van der Waals surface area (Å²) in [5.41, 5.74) is 1.61. The zero-order valence-corrected chi connectivity index (χ0v) is 17.3. The van der Waals surface area contributed by atoms with Crippen molar-refractivity contribution in [2.24, 2.45) is 0 Å². The lowest BCUT2D eigenvalue weighted by Crippen LogP contribution is -2.41. The first-order chi connectivity index (χ1) is 12.7. The number of hydrogen-bond donors (Lipinski definition) is 1. The maximum absolute atomic E-state index is 10.2. The molecule has 0 saturated carbocycles. The highest BCUT2D eigenvalue weighted by atomic mass is 16.7. The molecule has 1 aliphatic heterocycles. The standard InChI is InChI=1S/C22H33BO4/c1-21(2)22(3,4)27-23(26-21)16-19(17-25-5)12-9-13-20(24)15-14-18-10-7-6-8-11-18/h6-11,13,16,20,24H,12,14-15,17H2,1-5H3/b13-9+,19-16+/t20-/m0/s1. The predicted molar refractivity (Wildman–Crippen MR) is 111 cm³/mol. The van der Waals surface area contributed by atoms with Crippen molar-refractivity contribution in [1.82, 2.24) is 0 Å². The Morgan fingerprint density at radius 1 is 1.15 bits per heavy atom. The Labute approximate surface area is 164 Å². The van der Waals surface area contributed by atoms with Gasteiger partial charge in [-0.15, -0.1) is 0 Å². The number of hydrogen-bond acceptors (Lipinski definition) is 4. The van der Waals surface area contributed by atoms with Gasteiger partial charge in [0.25, 0.3) is 0 Å². The fourth-order valence-corrected chi connectivity index (χ4v) is 2.94. The molecule has 1 N–H and O–H groups in total. The third-order valence-electron chi connectivity index (χ3n) is 5.28. The molecule has 1 saturated heterocycles. The van der Waals surface area contributed by atoms with Crippen molar-refractivity contribution in [3.63, 3.8) is 0 Å². The summed E-state index contributed by atoms with van der Waals surface area (Å²) in [6.45, 7) is 8.67. The Morgan fingerprint density at radius 2 is 1.78 bits per heavy atom. The summed E-state index contributed by atoms with van der Waals surface area (Å²) in [5.74, 6) is 1.99. The van der Waals surface area contributed by atoms with Gasteiger partial charge in [0.05, 0.1) is 23.9 Å². The van der Waals surface area contributed by atoms with Crippen LogP contribution in [0.3, 0.4) is 0 Å². The highest BCUT2D eigenvalue weighted by molar-refractivity contribution is 6.51. The maximum atomic E-state index is 10.2. The molecule has 0 aliphatic carbocycles. The van der Waals surface area contributed by atoms with E-state index in [4.69, 9.17) is 14.0 Å². The highest BCUT2D eigenvalue weighted by Gasteiger charge is 2.50. The molecule has 0 bridgehead atoms. The van der Waals surface area contributed by atoms with Gasteiger partial charge in [0.1, 0.15) is 0 Å². The van der Waals surface area contributed by atoms with Gasteiger partial charge in [-0.2, -0.15) is 0 Å². The molecule has 1 heterocycles. The number of aliphatic hydroxyl groups excluding tert-OH is 1. The minimum atomic E-state index is -0.453. The van der Waals surface area contributed by atoms with Crippen LogP contribution in [-0.2, 0) is 20.5 Å². The Kier molecular flexibility index (Phi) is 7.86. The van der Waals surface area contributed by atoms with Crippen molar-refractivity contribution >= 4 is 7.12 Å². The van der Waals surface area contributed by atoms with Crippen molar-refractivity contribution in [2.45, 2.75) is 64.3 Å². The topological polar surface area (TPSA) is 47.9 Å². The van der Waals surface area contributed by atoms with Crippen LogP contribution in [0, 0.1) is 0 Å². The van der Waals surface area contributed by atoms with Gasteiger partial charge in [-0.05, 0) is 58.1 Å². The van der Waals surface area contributed by atoms with Gasteiger partial charge in [0.15, 0.2) is 0 Å². The summed E-state index contributed by atoms with van der Waals surface area (Å²) < 4.78 is 17.4. The van der Waals surface area contributed by atoms with E-state index in [1.165, 1.54) is 5.56 Å². The smallest absolute Gasteiger partial charge is 0.400 e. The summed E-state index contributed by atoms with van der Waals surface area (Å²) >= 11 is 0. The lowest BCUT2D eigenvalue weighted by atomic mass is 9.86. The van der Waals surface area contributed by atoms with Crippen LogP contribution in [0.4, 0.5) is 0 Å². The van der Waals surface area contributed by atoms with Crippen LogP contribution in [0.25, 0.3) is 0 Å². The first-order valence-corrected chi connectivity index (χ1v) is 9.66. The molecule has 4 nitrogen and oxygen atoms in total. The van der Waals surface area contributed by atoms with Crippen LogP contribution in [0.2, 0.25) is 0 Å². The fraction of sp³-hybridized carbons (Fsp3) is 0.545. The second-order valence-corrected chi connectivity index (χ2v) is 8.11. The average Bonchev–Trinajstić information content (AvgIpc) is 2.80. The summed E-state index contributed by atoms with van der Waals surface area (Å²) in [4.78, 5) is 0. The number of aryl methyl sites for hydroxylation is 1. The molecule has 1 aliphatic rings. The Balaban J connectivity index is 1.87. The molecule has 148 valence electrons. The van der Waals surface area contributed by atoms with Crippen molar-refractivity contribution in [3.8, 4) is 0 Å². The van der Waals surface area contributed by atoms with Crippen LogP contribution in [0.5, 0.6) is 0 Å². The zero-order valence-electron chi connectivity index (χ0n) is 17.3. The van der Waals surface area contributed by atoms with E-state index in [2.05, 4.69) is 12.1 Å². The molecule has 0 spiro atoms. The van der Waals surface area contributed by atoms with E-state index in [0.29, 0.717) is 19.4 Å². The Morgan fingerprint density at radius 3 is 2.37 bits per heavy atom. The van der Waals surface area contributed by atoms with Crippen LogP contribution in [0.15, 0.2) is 54.0 Å². The lowest BCUT2D eigenvalue weighted by Gasteiger charge is -2.32. The molecular weight excluding hydrogens is 339 g/mol. The molecule has 2 rings (SSSR count). The quantitative estimate of drug-likeness (QED) is 0.523. The van der Waals surface area contributed by atoms with Gasteiger partial charge in [-0.1, -0.05) is 48.5 Å². The number of benzene rings is 1. The number of aliphatic hydroxyl groups is 1. The molecule has 0 unspecified atom stereocenters. The van der Waals surface area contributed by atoms with Gasteiger partial charge < -0.3 is 19.2 Å². The van der Waals surface area contributed by atoms with Crippen molar-refractivity contribution in [1.29, 1.82) is 0 Å². The predicted octanol–water partition coefficient (Wildman–Crippen LogP) is 4.13. The van der Waals surface area contributed by atoms with E-state index in [-0.39, 0.29) is 18.3 Å². The van der Waals surface area contributed by atoms with Crippen LogP contribution in [0.1, 0.15) is 46.1 Å². The SMILES string of the molecule is COC/C(=C/B1OC(C)(C)C(C)(C)O1)C/C=C/[C@H](O)CCc1ccccc1. The van der Waals surface area contributed by atoms with Crippen LogP contribution >= 0.6 is 0 Å². The molecule has 1 atom stereocenters. The summed E-state index contributed by atoms with van der Waals surface area (Å²) in [5, 5.41) is 10.2. The molecule has 1 aromatic carbocycles. The van der Waals surface area contributed by atoms with Gasteiger partial charge in [-0.25, -0.2) is 0 Å². The van der Waals surface area contributed by atoms with E-state index < -0.39 is 6.10 Å². The minimum absolute atomic E-state index is 0.351. The third-order valence-corrected chi connectivity index (χ3v) is 5.28. The van der Waals surface area contributed by atoms with Crippen molar-refractivity contribution < 1.29 is 19.2 Å². The van der Waals surface area contributed by atoms with Crippen molar-refractivity contribution in [3.05, 3.63) is 59.6 Å². The zero-order chi connectivity index (χ0) is 19.9. The number of rotatable bonds is 9. The van der Waals surface area contributed by atoms with E-state index in [9.17, 15) is 5.11 Å².